The van der Waals surface area contributed by atoms with E-state index >= 15 is 0 Å². The van der Waals surface area contributed by atoms with Gasteiger partial charge in [0.05, 0.1) is 30.9 Å². The molecule has 0 fully saturated rings. The van der Waals surface area contributed by atoms with Crippen LogP contribution in [0.15, 0.2) is 36.4 Å². The molecule has 2 aromatic carbocycles. The maximum absolute atomic E-state index is 13.1. The van der Waals surface area contributed by atoms with E-state index in [1.54, 1.807) is 38.5 Å². The van der Waals surface area contributed by atoms with Crippen molar-refractivity contribution in [3.05, 3.63) is 53.1 Å². The predicted octanol–water partition coefficient (Wildman–Crippen LogP) is 3.44. The van der Waals surface area contributed by atoms with Crippen LogP contribution in [0.4, 0.5) is 5.69 Å². The summed E-state index contributed by atoms with van der Waals surface area (Å²) < 4.78 is 16.4. The lowest BCUT2D eigenvalue weighted by Crippen LogP contribution is -2.35. The number of fused-ring (bicyclic) bond motifs is 1. The molecule has 1 unspecified atom stereocenters. The van der Waals surface area contributed by atoms with Gasteiger partial charge < -0.3 is 19.9 Å². The van der Waals surface area contributed by atoms with Crippen molar-refractivity contribution >= 4 is 17.5 Å². The first-order valence-corrected chi connectivity index (χ1v) is 9.59. The lowest BCUT2D eigenvalue weighted by atomic mass is 10.0. The number of imide groups is 1. The highest BCUT2D eigenvalue weighted by Gasteiger charge is 2.41. The number of carbonyl (C=O) groups excluding carboxylic acids is 2. The number of carbonyl (C=O) groups is 2. The van der Waals surface area contributed by atoms with Crippen molar-refractivity contribution < 1.29 is 23.8 Å². The molecule has 154 valence electrons. The number of amides is 2. The second-order valence-corrected chi connectivity index (χ2v) is 6.81. The summed E-state index contributed by atoms with van der Waals surface area (Å²) in [4.78, 5) is 27.5. The molecular weight excluding hydrogens is 372 g/mol. The van der Waals surface area contributed by atoms with E-state index in [1.807, 2.05) is 19.1 Å². The summed E-state index contributed by atoms with van der Waals surface area (Å²) >= 11 is 0. The molecule has 0 spiro atoms. The van der Waals surface area contributed by atoms with Gasteiger partial charge in [-0.2, -0.15) is 0 Å². The van der Waals surface area contributed by atoms with Gasteiger partial charge in [0.2, 0.25) is 0 Å². The Hall–Kier alpha value is -3.06. The third kappa shape index (κ3) is 3.91. The lowest BCUT2D eigenvalue weighted by Gasteiger charge is -2.27. The summed E-state index contributed by atoms with van der Waals surface area (Å²) in [5.74, 6) is 0.422. The van der Waals surface area contributed by atoms with Crippen LogP contribution in [0.2, 0.25) is 0 Å². The number of ether oxygens (including phenoxy) is 3. The Kier molecular flexibility index (Phi) is 6.39. The second kappa shape index (κ2) is 8.96. The zero-order chi connectivity index (χ0) is 21.0. The number of nitrogens with zero attached hydrogens (tertiary/aromatic N) is 1. The average Bonchev–Trinajstić information content (AvgIpc) is 2.98. The van der Waals surface area contributed by atoms with E-state index in [0.29, 0.717) is 42.4 Å². The van der Waals surface area contributed by atoms with E-state index in [0.717, 1.165) is 12.0 Å². The molecule has 7 heteroatoms. The smallest absolute Gasteiger partial charge is 0.264 e. The Balaban J connectivity index is 2.02. The van der Waals surface area contributed by atoms with Crippen molar-refractivity contribution in [1.29, 1.82) is 0 Å². The molecule has 0 saturated heterocycles. The Labute approximate surface area is 170 Å². The Morgan fingerprint density at radius 3 is 2.48 bits per heavy atom. The monoisotopic (exact) mass is 398 g/mol. The van der Waals surface area contributed by atoms with Crippen LogP contribution in [-0.4, -0.2) is 44.1 Å². The Morgan fingerprint density at radius 1 is 1.03 bits per heavy atom. The van der Waals surface area contributed by atoms with E-state index in [4.69, 9.17) is 19.9 Å². The molecule has 2 aromatic rings. The molecular formula is C22H26N2O5. The summed E-state index contributed by atoms with van der Waals surface area (Å²) in [6.07, 6.45) is 1.29. The summed E-state index contributed by atoms with van der Waals surface area (Å²) in [6, 6.07) is 9.86. The van der Waals surface area contributed by atoms with E-state index in [1.165, 1.54) is 4.90 Å². The van der Waals surface area contributed by atoms with Gasteiger partial charge in [0.25, 0.3) is 11.8 Å². The Morgan fingerprint density at radius 2 is 1.83 bits per heavy atom. The number of nitrogens with two attached hydrogens (primary N) is 1. The highest BCUT2D eigenvalue weighted by molar-refractivity contribution is 6.23. The largest absolute Gasteiger partial charge is 0.493 e. The maximum Gasteiger partial charge on any atom is 0.264 e. The standard InChI is InChI=1S/C22H26N2O5/c1-4-11-29-19-13-14(8-9-18(19)28-3)17(10-12-27-2)24-21(25)15-6-5-7-16(23)20(15)22(24)26/h5-9,13,17H,4,10-12,23H2,1-3H3. The zero-order valence-corrected chi connectivity index (χ0v) is 16.9. The minimum Gasteiger partial charge on any atom is -0.493 e. The van der Waals surface area contributed by atoms with E-state index in [9.17, 15) is 9.59 Å². The molecule has 7 nitrogen and oxygen atoms in total. The van der Waals surface area contributed by atoms with Gasteiger partial charge in [-0.15, -0.1) is 0 Å². The molecule has 1 atom stereocenters. The topological polar surface area (TPSA) is 91.1 Å². The predicted molar refractivity (Wildman–Crippen MR) is 109 cm³/mol. The van der Waals surface area contributed by atoms with Crippen molar-refractivity contribution in [3.63, 3.8) is 0 Å². The molecule has 0 radical (unpaired) electrons. The summed E-state index contributed by atoms with van der Waals surface area (Å²) in [5, 5.41) is 0. The normalized spacial score (nSPS) is 14.1. The Bertz CT molecular complexity index is 912. The lowest BCUT2D eigenvalue weighted by molar-refractivity contribution is 0.0545. The van der Waals surface area contributed by atoms with Crippen LogP contribution in [0.1, 0.15) is 52.1 Å². The van der Waals surface area contributed by atoms with Gasteiger partial charge in [0, 0.05) is 19.4 Å². The summed E-state index contributed by atoms with van der Waals surface area (Å²) in [7, 11) is 3.16. The van der Waals surface area contributed by atoms with Gasteiger partial charge in [-0.25, -0.2) is 0 Å². The molecule has 1 heterocycles. The van der Waals surface area contributed by atoms with Crippen molar-refractivity contribution in [3.8, 4) is 11.5 Å². The molecule has 2 amide bonds. The molecule has 0 bridgehead atoms. The van der Waals surface area contributed by atoms with Gasteiger partial charge in [-0.1, -0.05) is 19.1 Å². The highest BCUT2D eigenvalue weighted by Crippen LogP contribution is 2.38. The summed E-state index contributed by atoms with van der Waals surface area (Å²) in [6.45, 7) is 2.93. The number of nitrogen functional groups attached to an aromatic ring is 1. The maximum atomic E-state index is 13.1. The third-order valence-corrected chi connectivity index (χ3v) is 4.92. The highest BCUT2D eigenvalue weighted by atomic mass is 16.5. The van der Waals surface area contributed by atoms with E-state index in [-0.39, 0.29) is 11.5 Å². The molecule has 3 rings (SSSR count). The molecule has 2 N–H and O–H groups in total. The van der Waals surface area contributed by atoms with Crippen LogP contribution in [0.25, 0.3) is 0 Å². The number of hydrogen-bond donors (Lipinski definition) is 1. The van der Waals surface area contributed by atoms with Gasteiger partial charge >= 0.3 is 0 Å². The SMILES string of the molecule is CCCOc1cc(C(CCOC)N2C(=O)c3cccc(N)c3C2=O)ccc1OC. The summed E-state index contributed by atoms with van der Waals surface area (Å²) in [5.41, 5.74) is 7.64. The van der Waals surface area contributed by atoms with Gasteiger partial charge in [0.15, 0.2) is 11.5 Å². The van der Waals surface area contributed by atoms with Crippen LogP contribution in [-0.2, 0) is 4.74 Å². The van der Waals surface area contributed by atoms with Crippen molar-refractivity contribution in [2.45, 2.75) is 25.8 Å². The van der Waals surface area contributed by atoms with Crippen LogP contribution in [0, 0.1) is 0 Å². The van der Waals surface area contributed by atoms with E-state index in [2.05, 4.69) is 0 Å². The molecule has 0 saturated carbocycles. The molecule has 0 aromatic heterocycles. The number of hydrogen-bond acceptors (Lipinski definition) is 6. The van der Waals surface area contributed by atoms with Crippen LogP contribution >= 0.6 is 0 Å². The quantitative estimate of drug-likeness (QED) is 0.514. The van der Waals surface area contributed by atoms with Gasteiger partial charge in [-0.3, -0.25) is 14.5 Å². The van der Waals surface area contributed by atoms with Gasteiger partial charge in [-0.05, 0) is 42.7 Å². The fraction of sp³-hybridized carbons (Fsp3) is 0.364. The van der Waals surface area contributed by atoms with Crippen molar-refractivity contribution in [2.75, 3.05) is 33.2 Å². The number of anilines is 1. The molecule has 0 aliphatic carbocycles. The van der Waals surface area contributed by atoms with Crippen molar-refractivity contribution in [2.24, 2.45) is 0 Å². The van der Waals surface area contributed by atoms with E-state index < -0.39 is 11.9 Å². The van der Waals surface area contributed by atoms with Crippen molar-refractivity contribution in [1.82, 2.24) is 4.90 Å². The second-order valence-electron chi connectivity index (χ2n) is 6.81. The number of methoxy groups -OCH3 is 2. The first-order valence-electron chi connectivity index (χ1n) is 9.59. The third-order valence-electron chi connectivity index (χ3n) is 4.92. The number of rotatable bonds is 9. The van der Waals surface area contributed by atoms with Gasteiger partial charge in [0.1, 0.15) is 0 Å². The molecule has 29 heavy (non-hydrogen) atoms. The van der Waals surface area contributed by atoms with Crippen LogP contribution in [0.3, 0.4) is 0 Å². The minimum absolute atomic E-state index is 0.260. The number of benzene rings is 2. The first kappa shape index (κ1) is 20.7. The van der Waals surface area contributed by atoms with Crippen LogP contribution < -0.4 is 15.2 Å². The fourth-order valence-electron chi connectivity index (χ4n) is 3.51. The minimum atomic E-state index is -0.517. The van der Waals surface area contributed by atoms with Crippen LogP contribution in [0.5, 0.6) is 11.5 Å². The first-order chi connectivity index (χ1) is 14.0. The molecule has 1 aliphatic heterocycles. The average molecular weight is 398 g/mol. The molecule has 1 aliphatic rings. The zero-order valence-electron chi connectivity index (χ0n) is 16.9. The fourth-order valence-corrected chi connectivity index (χ4v) is 3.51.